The number of amides is 1. The molecule has 34 heavy (non-hydrogen) atoms. The number of halogens is 2. The fraction of sp³-hybridized carbons (Fsp3) is 0.250. The highest BCUT2D eigenvalue weighted by molar-refractivity contribution is 5.91. The summed E-state index contributed by atoms with van der Waals surface area (Å²) in [5.74, 6) is -2.93. The average Bonchev–Trinajstić information content (AvgIpc) is 2.78. The van der Waals surface area contributed by atoms with Crippen LogP contribution in [0.4, 0.5) is 14.5 Å². The molecule has 0 aliphatic rings. The quantitative estimate of drug-likeness (QED) is 0.505. The molecule has 0 aliphatic carbocycles. The lowest BCUT2D eigenvalue weighted by Gasteiger charge is -2.21. The Labute approximate surface area is 193 Å². The van der Waals surface area contributed by atoms with Gasteiger partial charge in [0.2, 0.25) is 11.7 Å². The lowest BCUT2D eigenvalue weighted by atomic mass is 9.88. The molecule has 180 valence electrons. The van der Waals surface area contributed by atoms with Crippen LogP contribution in [0.25, 0.3) is 0 Å². The van der Waals surface area contributed by atoms with Gasteiger partial charge in [0.25, 0.3) is 0 Å². The molecular weight excluding hydrogens is 452 g/mol. The average molecular weight is 475 g/mol. The molecule has 0 saturated heterocycles. The number of hydrogen-bond acceptors (Lipinski definition) is 7. The summed E-state index contributed by atoms with van der Waals surface area (Å²) in [7, 11) is 4.22. The van der Waals surface area contributed by atoms with E-state index >= 15 is 0 Å². The summed E-state index contributed by atoms with van der Waals surface area (Å²) >= 11 is 0. The van der Waals surface area contributed by atoms with Crippen LogP contribution in [0.2, 0.25) is 0 Å². The number of carbonyl (C=O) groups is 1. The van der Waals surface area contributed by atoms with E-state index in [1.807, 2.05) is 0 Å². The third kappa shape index (κ3) is 5.11. The Morgan fingerprint density at radius 1 is 1.06 bits per heavy atom. The monoisotopic (exact) mass is 475 g/mol. The van der Waals surface area contributed by atoms with Gasteiger partial charge in [-0.2, -0.15) is 0 Å². The second kappa shape index (κ2) is 10.2. The Bertz CT molecular complexity index is 1250. The summed E-state index contributed by atoms with van der Waals surface area (Å²) in [6.07, 6.45) is -0.406. The van der Waals surface area contributed by atoms with Gasteiger partial charge in [-0.1, -0.05) is 0 Å². The molecule has 2 aromatic carbocycles. The molecule has 2 N–H and O–H groups in total. The normalized spacial score (nSPS) is 11.6. The lowest BCUT2D eigenvalue weighted by molar-refractivity contribution is -0.116. The van der Waals surface area contributed by atoms with Gasteiger partial charge in [0.1, 0.15) is 23.1 Å². The van der Waals surface area contributed by atoms with Crippen LogP contribution in [-0.4, -0.2) is 32.3 Å². The van der Waals surface area contributed by atoms with E-state index in [0.29, 0.717) is 11.6 Å². The number of aryl methyl sites for hydroxylation is 1. The molecule has 8 nitrogen and oxygen atoms in total. The molecule has 1 amide bonds. The number of nitrogens with one attached hydrogen (secondary N) is 1. The number of benzene rings is 2. The molecule has 0 aliphatic heterocycles. The van der Waals surface area contributed by atoms with Gasteiger partial charge >= 0.3 is 5.63 Å². The number of aromatic hydroxyl groups is 1. The van der Waals surface area contributed by atoms with E-state index in [2.05, 4.69) is 5.32 Å². The molecule has 1 heterocycles. The van der Waals surface area contributed by atoms with Crippen LogP contribution in [0.1, 0.15) is 29.2 Å². The van der Waals surface area contributed by atoms with Crippen LogP contribution < -0.4 is 25.2 Å². The minimum atomic E-state index is -1.05. The maximum atomic E-state index is 14.0. The zero-order valence-electron chi connectivity index (χ0n) is 18.9. The maximum absolute atomic E-state index is 14.0. The Morgan fingerprint density at radius 2 is 1.71 bits per heavy atom. The van der Waals surface area contributed by atoms with E-state index in [1.54, 1.807) is 0 Å². The van der Waals surface area contributed by atoms with Crippen LogP contribution >= 0.6 is 0 Å². The van der Waals surface area contributed by atoms with Gasteiger partial charge in [0.15, 0.2) is 11.5 Å². The fourth-order valence-corrected chi connectivity index (χ4v) is 3.59. The zero-order valence-corrected chi connectivity index (χ0v) is 18.9. The summed E-state index contributed by atoms with van der Waals surface area (Å²) in [6, 6.07) is 7.00. The zero-order chi connectivity index (χ0) is 25.0. The molecule has 3 rings (SSSR count). The first-order valence-electron chi connectivity index (χ1n) is 10.1. The number of ether oxygens (including phenoxy) is 3. The largest absolute Gasteiger partial charge is 0.507 e. The van der Waals surface area contributed by atoms with Gasteiger partial charge in [-0.25, -0.2) is 13.6 Å². The Hall–Kier alpha value is -4.08. The van der Waals surface area contributed by atoms with Crippen molar-refractivity contribution in [2.45, 2.75) is 19.3 Å². The van der Waals surface area contributed by atoms with Crippen LogP contribution in [0.5, 0.6) is 23.0 Å². The molecule has 0 unspecified atom stereocenters. The Kier molecular flexibility index (Phi) is 7.40. The highest BCUT2D eigenvalue weighted by Crippen LogP contribution is 2.43. The van der Waals surface area contributed by atoms with E-state index in [-0.39, 0.29) is 40.0 Å². The van der Waals surface area contributed by atoms with Crippen molar-refractivity contribution in [1.29, 1.82) is 0 Å². The van der Waals surface area contributed by atoms with Gasteiger partial charge in [-0.3, -0.25) is 4.79 Å². The number of rotatable bonds is 8. The molecular formula is C24H23F2NO7. The summed E-state index contributed by atoms with van der Waals surface area (Å²) in [6.45, 7) is 1.49. The predicted molar refractivity (Wildman–Crippen MR) is 119 cm³/mol. The van der Waals surface area contributed by atoms with Crippen molar-refractivity contribution in [3.63, 3.8) is 0 Å². The van der Waals surface area contributed by atoms with Gasteiger partial charge in [-0.15, -0.1) is 0 Å². The summed E-state index contributed by atoms with van der Waals surface area (Å²) < 4.78 is 48.4. The molecule has 0 saturated carbocycles. The summed E-state index contributed by atoms with van der Waals surface area (Å²) in [4.78, 5) is 25.5. The van der Waals surface area contributed by atoms with Gasteiger partial charge in [-0.05, 0) is 36.8 Å². The van der Waals surface area contributed by atoms with Crippen molar-refractivity contribution in [2.24, 2.45) is 0 Å². The highest BCUT2D eigenvalue weighted by Gasteiger charge is 2.28. The topological polar surface area (TPSA) is 107 Å². The SMILES string of the molecule is COc1cc([C@H](CC(=O)Nc2ccc(F)cc2F)c2c(O)cc(C)oc2=O)cc(OC)c1OC. The molecule has 0 spiro atoms. The van der Waals surface area contributed by atoms with Crippen molar-refractivity contribution < 1.29 is 37.3 Å². The second-order valence-electron chi connectivity index (χ2n) is 7.33. The van der Waals surface area contributed by atoms with Crippen LogP contribution in [0.15, 0.2) is 45.6 Å². The minimum Gasteiger partial charge on any atom is -0.507 e. The first kappa shape index (κ1) is 24.6. The fourth-order valence-electron chi connectivity index (χ4n) is 3.59. The number of methoxy groups -OCH3 is 3. The van der Waals surface area contributed by atoms with Crippen molar-refractivity contribution >= 4 is 11.6 Å². The van der Waals surface area contributed by atoms with Gasteiger partial charge in [0, 0.05) is 24.5 Å². The van der Waals surface area contributed by atoms with Crippen molar-refractivity contribution in [1.82, 2.24) is 0 Å². The molecule has 0 bridgehead atoms. The van der Waals surface area contributed by atoms with Crippen LogP contribution in [0, 0.1) is 18.6 Å². The van der Waals surface area contributed by atoms with E-state index in [1.165, 1.54) is 46.5 Å². The van der Waals surface area contributed by atoms with Crippen molar-refractivity contribution in [3.05, 3.63) is 75.3 Å². The maximum Gasteiger partial charge on any atom is 0.343 e. The van der Waals surface area contributed by atoms with E-state index in [4.69, 9.17) is 18.6 Å². The third-order valence-corrected chi connectivity index (χ3v) is 5.12. The molecule has 3 aromatic rings. The Balaban J connectivity index is 2.11. The molecule has 0 radical (unpaired) electrons. The second-order valence-corrected chi connectivity index (χ2v) is 7.33. The van der Waals surface area contributed by atoms with E-state index < -0.39 is 35.5 Å². The number of hydrogen-bond donors (Lipinski definition) is 2. The molecule has 1 atom stereocenters. The highest BCUT2D eigenvalue weighted by atomic mass is 19.1. The lowest BCUT2D eigenvalue weighted by Crippen LogP contribution is -2.21. The first-order chi connectivity index (χ1) is 16.2. The Morgan fingerprint density at radius 3 is 2.24 bits per heavy atom. The van der Waals surface area contributed by atoms with Crippen molar-refractivity contribution in [2.75, 3.05) is 26.6 Å². The number of carbonyl (C=O) groups excluding carboxylic acids is 1. The van der Waals surface area contributed by atoms with E-state index in [0.717, 1.165) is 12.1 Å². The van der Waals surface area contributed by atoms with Gasteiger partial charge in [0.05, 0.1) is 32.6 Å². The minimum absolute atomic E-state index is 0.174. The molecule has 0 fully saturated rings. The molecule has 1 aromatic heterocycles. The molecule has 10 heteroatoms. The predicted octanol–water partition coefficient (Wildman–Crippen LogP) is 4.12. The smallest absolute Gasteiger partial charge is 0.343 e. The van der Waals surface area contributed by atoms with Crippen LogP contribution in [-0.2, 0) is 4.79 Å². The van der Waals surface area contributed by atoms with Crippen LogP contribution in [0.3, 0.4) is 0 Å². The summed E-state index contributed by atoms with van der Waals surface area (Å²) in [5.41, 5.74) is -0.919. The van der Waals surface area contributed by atoms with E-state index in [9.17, 15) is 23.5 Å². The first-order valence-corrected chi connectivity index (χ1v) is 10.1. The standard InChI is InChI=1S/C24H23F2NO7/c1-12-7-18(28)22(24(30)34-12)15(11-21(29)27-17-6-5-14(25)10-16(17)26)13-8-19(31-2)23(33-4)20(9-13)32-3/h5-10,15,28H,11H2,1-4H3,(H,27,29)/t15-/m0/s1. The van der Waals surface area contributed by atoms with Crippen molar-refractivity contribution in [3.8, 4) is 23.0 Å². The van der Waals surface area contributed by atoms with Gasteiger partial charge < -0.3 is 29.1 Å². The third-order valence-electron chi connectivity index (χ3n) is 5.12. The summed E-state index contributed by atoms with van der Waals surface area (Å²) in [5, 5.41) is 12.9. The number of anilines is 1.